The van der Waals surface area contributed by atoms with Crippen molar-refractivity contribution in [3.8, 4) is 11.3 Å². The average Bonchev–Trinajstić information content (AvgIpc) is 2.84. The predicted molar refractivity (Wildman–Crippen MR) is 77.1 cm³/mol. The summed E-state index contributed by atoms with van der Waals surface area (Å²) in [6.45, 7) is -0.0817. The van der Waals surface area contributed by atoms with Gasteiger partial charge in [0.2, 0.25) is 6.54 Å². The summed E-state index contributed by atoms with van der Waals surface area (Å²) in [5, 5.41) is 11.6. The molecule has 0 amide bonds. The van der Waals surface area contributed by atoms with Gasteiger partial charge in [0.25, 0.3) is 0 Å². The zero-order valence-electron chi connectivity index (χ0n) is 10.7. The second-order valence-corrected chi connectivity index (χ2v) is 4.55. The fourth-order valence-corrected chi connectivity index (χ4v) is 2.39. The van der Waals surface area contributed by atoms with Crippen LogP contribution in [0.2, 0.25) is 0 Å². The number of nitro groups is 1. The number of aromatic nitrogens is 2. The summed E-state index contributed by atoms with van der Waals surface area (Å²) in [6, 6.07) is 13.6. The molecule has 3 rings (SSSR count). The third-order valence-electron chi connectivity index (χ3n) is 3.28. The summed E-state index contributed by atoms with van der Waals surface area (Å²) in [4.78, 5) is 17.9. The third kappa shape index (κ3) is 2.25. The lowest BCUT2D eigenvalue weighted by Crippen LogP contribution is -2.04. The van der Waals surface area contributed by atoms with Crippen molar-refractivity contribution < 1.29 is 4.92 Å². The van der Waals surface area contributed by atoms with Gasteiger partial charge < -0.3 is 4.98 Å². The van der Waals surface area contributed by atoms with Crippen molar-refractivity contribution in [2.24, 2.45) is 0 Å². The van der Waals surface area contributed by atoms with Gasteiger partial charge in [-0.1, -0.05) is 30.3 Å². The van der Waals surface area contributed by atoms with E-state index in [1.807, 2.05) is 42.5 Å². The SMILES string of the molecule is O=[N+]([O-])CCc1c(-c2ccccc2)[nH]c2ncccc12. The van der Waals surface area contributed by atoms with Crippen molar-refractivity contribution in [2.45, 2.75) is 6.42 Å². The molecule has 0 atom stereocenters. The van der Waals surface area contributed by atoms with E-state index in [0.717, 1.165) is 27.9 Å². The number of benzene rings is 1. The molecule has 0 aliphatic heterocycles. The summed E-state index contributed by atoms with van der Waals surface area (Å²) < 4.78 is 0. The maximum Gasteiger partial charge on any atom is 0.208 e. The molecule has 0 saturated heterocycles. The zero-order chi connectivity index (χ0) is 13.9. The van der Waals surface area contributed by atoms with Gasteiger partial charge in [-0.05, 0) is 23.3 Å². The van der Waals surface area contributed by atoms with Gasteiger partial charge in [0.15, 0.2) is 0 Å². The van der Waals surface area contributed by atoms with E-state index in [-0.39, 0.29) is 11.5 Å². The minimum atomic E-state index is -0.288. The second kappa shape index (κ2) is 5.13. The molecular formula is C15H13N3O2. The standard InChI is InChI=1S/C15H13N3O2/c19-18(20)10-8-12-13-7-4-9-16-15(13)17-14(12)11-5-2-1-3-6-11/h1-7,9H,8,10H2,(H,16,17). The summed E-state index contributed by atoms with van der Waals surface area (Å²) >= 11 is 0. The number of nitrogens with one attached hydrogen (secondary N) is 1. The van der Waals surface area contributed by atoms with Gasteiger partial charge in [0.1, 0.15) is 5.65 Å². The van der Waals surface area contributed by atoms with Crippen LogP contribution in [0.1, 0.15) is 5.56 Å². The molecule has 0 aliphatic carbocycles. The molecule has 2 heterocycles. The molecule has 5 heteroatoms. The van der Waals surface area contributed by atoms with Gasteiger partial charge in [-0.3, -0.25) is 10.1 Å². The first-order valence-corrected chi connectivity index (χ1v) is 6.38. The first-order chi connectivity index (χ1) is 9.75. The Morgan fingerprint density at radius 2 is 1.95 bits per heavy atom. The summed E-state index contributed by atoms with van der Waals surface area (Å²) in [5.41, 5.74) is 3.66. The summed E-state index contributed by atoms with van der Waals surface area (Å²) in [6.07, 6.45) is 2.10. The highest BCUT2D eigenvalue weighted by molar-refractivity contribution is 5.88. The number of hydrogen-bond acceptors (Lipinski definition) is 3. The van der Waals surface area contributed by atoms with Crippen LogP contribution >= 0.6 is 0 Å². The Bertz CT molecular complexity index is 750. The van der Waals surface area contributed by atoms with Crippen LogP contribution in [-0.2, 0) is 6.42 Å². The number of fused-ring (bicyclic) bond motifs is 1. The van der Waals surface area contributed by atoms with Crippen molar-refractivity contribution >= 4 is 11.0 Å². The van der Waals surface area contributed by atoms with Gasteiger partial charge in [-0.2, -0.15) is 0 Å². The van der Waals surface area contributed by atoms with Crippen LogP contribution in [0.25, 0.3) is 22.3 Å². The van der Waals surface area contributed by atoms with Crippen LogP contribution < -0.4 is 0 Å². The molecule has 0 aliphatic rings. The molecule has 3 aromatic rings. The van der Waals surface area contributed by atoms with Gasteiger partial charge in [-0.15, -0.1) is 0 Å². The Morgan fingerprint density at radius 3 is 2.70 bits per heavy atom. The van der Waals surface area contributed by atoms with Gasteiger partial charge in [0.05, 0.1) is 5.69 Å². The highest BCUT2D eigenvalue weighted by Gasteiger charge is 2.15. The molecule has 0 unspecified atom stereocenters. The number of H-pyrrole nitrogens is 1. The lowest BCUT2D eigenvalue weighted by atomic mass is 10.0. The fourth-order valence-electron chi connectivity index (χ4n) is 2.39. The number of aromatic amines is 1. The molecule has 20 heavy (non-hydrogen) atoms. The Hall–Kier alpha value is -2.69. The molecule has 0 radical (unpaired) electrons. The lowest BCUT2D eigenvalue weighted by Gasteiger charge is -2.02. The van der Waals surface area contributed by atoms with Crippen molar-refractivity contribution in [2.75, 3.05) is 6.54 Å². The smallest absolute Gasteiger partial charge is 0.208 e. The van der Waals surface area contributed by atoms with Crippen LogP contribution in [0.4, 0.5) is 0 Å². The van der Waals surface area contributed by atoms with Crippen molar-refractivity contribution in [1.82, 2.24) is 9.97 Å². The van der Waals surface area contributed by atoms with E-state index >= 15 is 0 Å². The Kier molecular flexibility index (Phi) is 3.16. The normalized spacial score (nSPS) is 10.8. The van der Waals surface area contributed by atoms with E-state index in [9.17, 15) is 10.1 Å². The van der Waals surface area contributed by atoms with Gasteiger partial charge in [-0.25, -0.2) is 4.98 Å². The molecule has 1 aromatic carbocycles. The Labute approximate surface area is 115 Å². The van der Waals surface area contributed by atoms with Crippen LogP contribution in [0, 0.1) is 10.1 Å². The molecule has 1 N–H and O–H groups in total. The van der Waals surface area contributed by atoms with Crippen LogP contribution in [0.5, 0.6) is 0 Å². The molecule has 0 spiro atoms. The summed E-state index contributed by atoms with van der Waals surface area (Å²) in [7, 11) is 0. The number of pyridine rings is 1. The Balaban J connectivity index is 2.15. The molecule has 100 valence electrons. The first-order valence-electron chi connectivity index (χ1n) is 6.38. The predicted octanol–water partition coefficient (Wildman–Crippen LogP) is 3.05. The maximum absolute atomic E-state index is 10.7. The largest absolute Gasteiger partial charge is 0.339 e. The molecule has 2 aromatic heterocycles. The number of hydrogen-bond donors (Lipinski definition) is 1. The molecule has 0 fully saturated rings. The van der Waals surface area contributed by atoms with E-state index in [0.29, 0.717) is 6.42 Å². The van der Waals surface area contributed by atoms with E-state index in [1.54, 1.807) is 6.20 Å². The van der Waals surface area contributed by atoms with E-state index in [1.165, 1.54) is 0 Å². The highest BCUT2D eigenvalue weighted by atomic mass is 16.6. The number of nitrogens with zero attached hydrogens (tertiary/aromatic N) is 2. The van der Waals surface area contributed by atoms with E-state index < -0.39 is 0 Å². The average molecular weight is 267 g/mol. The molecule has 5 nitrogen and oxygen atoms in total. The van der Waals surface area contributed by atoms with Crippen molar-refractivity contribution in [1.29, 1.82) is 0 Å². The summed E-state index contributed by atoms with van der Waals surface area (Å²) in [5.74, 6) is 0. The molecule has 0 bridgehead atoms. The van der Waals surface area contributed by atoms with Crippen molar-refractivity contribution in [3.63, 3.8) is 0 Å². The monoisotopic (exact) mass is 267 g/mol. The molecular weight excluding hydrogens is 254 g/mol. The fraction of sp³-hybridized carbons (Fsp3) is 0.133. The second-order valence-electron chi connectivity index (χ2n) is 4.55. The van der Waals surface area contributed by atoms with E-state index in [4.69, 9.17) is 0 Å². The highest BCUT2D eigenvalue weighted by Crippen LogP contribution is 2.29. The van der Waals surface area contributed by atoms with Crippen LogP contribution in [0.3, 0.4) is 0 Å². The lowest BCUT2D eigenvalue weighted by molar-refractivity contribution is -0.479. The minimum absolute atomic E-state index is 0.0817. The topological polar surface area (TPSA) is 71.8 Å². The maximum atomic E-state index is 10.7. The molecule has 0 saturated carbocycles. The minimum Gasteiger partial charge on any atom is -0.339 e. The zero-order valence-corrected chi connectivity index (χ0v) is 10.7. The van der Waals surface area contributed by atoms with E-state index in [2.05, 4.69) is 9.97 Å². The quantitative estimate of drug-likeness (QED) is 0.583. The van der Waals surface area contributed by atoms with Crippen molar-refractivity contribution in [3.05, 3.63) is 64.3 Å². The van der Waals surface area contributed by atoms with Crippen LogP contribution in [0.15, 0.2) is 48.7 Å². The first kappa shape index (κ1) is 12.3. The third-order valence-corrected chi connectivity index (χ3v) is 3.28. The van der Waals surface area contributed by atoms with Crippen LogP contribution in [-0.4, -0.2) is 21.4 Å². The van der Waals surface area contributed by atoms with Gasteiger partial charge in [0, 0.05) is 22.9 Å². The Morgan fingerprint density at radius 1 is 1.15 bits per heavy atom. The number of rotatable bonds is 4. The van der Waals surface area contributed by atoms with Gasteiger partial charge >= 0.3 is 0 Å².